The van der Waals surface area contributed by atoms with Crippen LogP contribution in [0.1, 0.15) is 12.8 Å². The van der Waals surface area contributed by atoms with Crippen LogP contribution in [-0.2, 0) is 4.79 Å². The summed E-state index contributed by atoms with van der Waals surface area (Å²) in [6, 6.07) is 5.02. The molecule has 0 radical (unpaired) electrons. The molecule has 0 saturated carbocycles. The van der Waals surface area contributed by atoms with E-state index in [2.05, 4.69) is 0 Å². The van der Waals surface area contributed by atoms with E-state index in [0.717, 1.165) is 6.42 Å². The highest BCUT2D eigenvalue weighted by molar-refractivity contribution is 5.79. The van der Waals surface area contributed by atoms with E-state index in [9.17, 15) is 9.18 Å². The molecule has 2 aliphatic rings. The average molecular weight is 249 g/mol. The van der Waals surface area contributed by atoms with Crippen LogP contribution in [0.2, 0.25) is 0 Å². The third-order valence-electron chi connectivity index (χ3n) is 3.81. The molecule has 0 bridgehead atoms. The summed E-state index contributed by atoms with van der Waals surface area (Å²) in [5, 5.41) is 0. The fourth-order valence-electron chi connectivity index (χ4n) is 2.86. The molecule has 1 aromatic rings. The van der Waals surface area contributed by atoms with E-state index in [1.807, 2.05) is 9.80 Å². The first-order valence-electron chi connectivity index (χ1n) is 6.24. The molecule has 2 N–H and O–H groups in total. The Labute approximate surface area is 105 Å². The van der Waals surface area contributed by atoms with Crippen molar-refractivity contribution in [2.75, 3.05) is 30.3 Å². The van der Waals surface area contributed by atoms with E-state index in [1.54, 1.807) is 12.1 Å². The van der Waals surface area contributed by atoms with Gasteiger partial charge in [0.25, 0.3) is 0 Å². The minimum absolute atomic E-state index is 0.234. The maximum atomic E-state index is 13.9. The molecular formula is C13H16FN3O. The standard InChI is InChI=1S/C13H16FN3O/c14-11-7-9(15)1-3-12(11)16-5-6-17-10(8-16)2-4-13(17)18/h1,3,7,10H,2,4-6,8,15H2. The number of piperazine rings is 1. The van der Waals surface area contributed by atoms with Crippen molar-refractivity contribution >= 4 is 17.3 Å². The van der Waals surface area contributed by atoms with Crippen LogP contribution in [0.5, 0.6) is 0 Å². The Bertz CT molecular complexity index is 491. The summed E-state index contributed by atoms with van der Waals surface area (Å²) in [7, 11) is 0. The summed E-state index contributed by atoms with van der Waals surface area (Å²) in [6.45, 7) is 2.09. The van der Waals surface area contributed by atoms with Gasteiger partial charge in [-0.05, 0) is 24.6 Å². The van der Waals surface area contributed by atoms with Gasteiger partial charge in [0.2, 0.25) is 5.91 Å². The first-order chi connectivity index (χ1) is 8.65. The second-order valence-corrected chi connectivity index (χ2v) is 4.94. The molecule has 4 nitrogen and oxygen atoms in total. The number of nitrogens with two attached hydrogens (primary N) is 1. The van der Waals surface area contributed by atoms with Gasteiger partial charge in [-0.2, -0.15) is 0 Å². The lowest BCUT2D eigenvalue weighted by Gasteiger charge is -2.38. The lowest BCUT2D eigenvalue weighted by molar-refractivity contribution is -0.129. The van der Waals surface area contributed by atoms with Crippen LogP contribution in [0.3, 0.4) is 0 Å². The molecule has 1 amide bonds. The Morgan fingerprint density at radius 3 is 2.94 bits per heavy atom. The van der Waals surface area contributed by atoms with Crippen LogP contribution < -0.4 is 10.6 Å². The normalized spacial score (nSPS) is 23.4. The van der Waals surface area contributed by atoms with Gasteiger partial charge in [0.05, 0.1) is 5.69 Å². The minimum atomic E-state index is -0.284. The van der Waals surface area contributed by atoms with Crippen molar-refractivity contribution in [3.8, 4) is 0 Å². The number of carbonyl (C=O) groups excluding carboxylic acids is 1. The molecule has 2 aliphatic heterocycles. The third-order valence-corrected chi connectivity index (χ3v) is 3.81. The predicted molar refractivity (Wildman–Crippen MR) is 67.8 cm³/mol. The van der Waals surface area contributed by atoms with Crippen LogP contribution >= 0.6 is 0 Å². The van der Waals surface area contributed by atoms with Crippen LogP contribution in [0.15, 0.2) is 18.2 Å². The van der Waals surface area contributed by atoms with Gasteiger partial charge in [0.1, 0.15) is 5.82 Å². The summed E-state index contributed by atoms with van der Waals surface area (Å²) in [4.78, 5) is 15.5. The molecule has 2 fully saturated rings. The first kappa shape index (κ1) is 11.3. The molecule has 2 heterocycles. The predicted octanol–water partition coefficient (Wildman–Crippen LogP) is 1.22. The largest absolute Gasteiger partial charge is 0.399 e. The summed E-state index contributed by atoms with van der Waals surface area (Å²) in [5.74, 6) is -0.0507. The van der Waals surface area contributed by atoms with E-state index >= 15 is 0 Å². The molecule has 96 valence electrons. The number of hydrogen-bond donors (Lipinski definition) is 1. The number of fused-ring (bicyclic) bond motifs is 1. The average Bonchev–Trinajstić information content (AvgIpc) is 2.71. The molecule has 1 atom stereocenters. The molecule has 3 rings (SSSR count). The quantitative estimate of drug-likeness (QED) is 0.761. The fourth-order valence-corrected chi connectivity index (χ4v) is 2.86. The fraction of sp³-hybridized carbons (Fsp3) is 0.462. The summed E-state index contributed by atoms with van der Waals surface area (Å²) < 4.78 is 13.9. The molecule has 5 heteroatoms. The molecular weight excluding hydrogens is 233 g/mol. The Kier molecular flexibility index (Phi) is 2.61. The highest BCUT2D eigenvalue weighted by Gasteiger charge is 2.35. The van der Waals surface area contributed by atoms with Crippen molar-refractivity contribution < 1.29 is 9.18 Å². The first-order valence-corrected chi connectivity index (χ1v) is 6.24. The van der Waals surface area contributed by atoms with E-state index in [4.69, 9.17) is 5.73 Å². The van der Waals surface area contributed by atoms with Crippen molar-refractivity contribution in [3.63, 3.8) is 0 Å². The Hall–Kier alpha value is -1.78. The summed E-state index contributed by atoms with van der Waals surface area (Å²) in [6.07, 6.45) is 1.51. The molecule has 1 unspecified atom stereocenters. The van der Waals surface area contributed by atoms with Gasteiger partial charge in [-0.1, -0.05) is 0 Å². The van der Waals surface area contributed by atoms with Gasteiger partial charge in [-0.3, -0.25) is 4.79 Å². The number of anilines is 2. The highest BCUT2D eigenvalue weighted by Crippen LogP contribution is 2.28. The van der Waals surface area contributed by atoms with E-state index < -0.39 is 0 Å². The minimum Gasteiger partial charge on any atom is -0.399 e. The number of halogens is 1. The Morgan fingerprint density at radius 1 is 1.33 bits per heavy atom. The van der Waals surface area contributed by atoms with Gasteiger partial charge in [-0.25, -0.2) is 4.39 Å². The number of amides is 1. The summed E-state index contributed by atoms with van der Waals surface area (Å²) in [5.41, 5.74) is 6.57. The number of nitrogens with zero attached hydrogens (tertiary/aromatic N) is 2. The monoisotopic (exact) mass is 249 g/mol. The van der Waals surface area contributed by atoms with Gasteiger partial charge in [0, 0.05) is 37.8 Å². The van der Waals surface area contributed by atoms with Crippen molar-refractivity contribution in [3.05, 3.63) is 24.0 Å². The zero-order valence-electron chi connectivity index (χ0n) is 10.1. The Balaban J connectivity index is 1.80. The van der Waals surface area contributed by atoms with Crippen molar-refractivity contribution in [2.45, 2.75) is 18.9 Å². The molecule has 0 aromatic heterocycles. The zero-order valence-corrected chi connectivity index (χ0v) is 10.1. The lowest BCUT2D eigenvalue weighted by atomic mass is 10.1. The number of rotatable bonds is 1. The van der Waals surface area contributed by atoms with E-state index in [-0.39, 0.29) is 17.8 Å². The number of hydrogen-bond acceptors (Lipinski definition) is 3. The van der Waals surface area contributed by atoms with Crippen molar-refractivity contribution in [1.29, 1.82) is 0 Å². The van der Waals surface area contributed by atoms with Crippen molar-refractivity contribution in [1.82, 2.24) is 4.90 Å². The molecule has 2 saturated heterocycles. The van der Waals surface area contributed by atoms with Crippen LogP contribution in [-0.4, -0.2) is 36.5 Å². The van der Waals surface area contributed by atoms with Gasteiger partial charge < -0.3 is 15.5 Å². The number of carbonyl (C=O) groups is 1. The maximum absolute atomic E-state index is 13.9. The molecule has 0 aliphatic carbocycles. The smallest absolute Gasteiger partial charge is 0.223 e. The number of benzene rings is 1. The molecule has 0 spiro atoms. The van der Waals surface area contributed by atoms with Crippen LogP contribution in [0.25, 0.3) is 0 Å². The van der Waals surface area contributed by atoms with Crippen molar-refractivity contribution in [2.24, 2.45) is 0 Å². The Morgan fingerprint density at radius 2 is 2.17 bits per heavy atom. The van der Waals surface area contributed by atoms with Gasteiger partial charge in [0.15, 0.2) is 0 Å². The second-order valence-electron chi connectivity index (χ2n) is 4.94. The van der Waals surface area contributed by atoms with Crippen LogP contribution in [0, 0.1) is 5.82 Å². The van der Waals surface area contributed by atoms with Gasteiger partial charge >= 0.3 is 0 Å². The lowest BCUT2D eigenvalue weighted by Crippen LogP contribution is -2.51. The molecule has 1 aromatic carbocycles. The van der Waals surface area contributed by atoms with E-state index in [0.29, 0.717) is 37.4 Å². The zero-order chi connectivity index (χ0) is 12.7. The number of nitrogen functional groups attached to an aromatic ring is 1. The van der Waals surface area contributed by atoms with Gasteiger partial charge in [-0.15, -0.1) is 0 Å². The SMILES string of the molecule is Nc1ccc(N2CCN3C(=O)CCC3C2)c(F)c1. The molecule has 18 heavy (non-hydrogen) atoms. The third kappa shape index (κ3) is 1.79. The summed E-state index contributed by atoms with van der Waals surface area (Å²) >= 11 is 0. The van der Waals surface area contributed by atoms with E-state index in [1.165, 1.54) is 6.07 Å². The highest BCUT2D eigenvalue weighted by atomic mass is 19.1. The second kappa shape index (κ2) is 4.15. The topological polar surface area (TPSA) is 49.6 Å². The van der Waals surface area contributed by atoms with Crippen LogP contribution in [0.4, 0.5) is 15.8 Å². The maximum Gasteiger partial charge on any atom is 0.223 e.